The fraction of sp³-hybridized carbons (Fsp3) is 0.810. The van der Waals surface area contributed by atoms with Crippen LogP contribution in [0, 0.1) is 0 Å². The molecular formula is C21H40N4O10S8. The third kappa shape index (κ3) is 38.2. The first-order chi connectivity index (χ1) is 21.2. The summed E-state index contributed by atoms with van der Waals surface area (Å²) in [4.78, 5) is 50.4. The van der Waals surface area contributed by atoms with E-state index < -0.39 is 12.2 Å². The highest BCUT2D eigenvalue weighted by molar-refractivity contribution is 8.16. The number of hydrogen-bond donors (Lipinski definition) is 4. The molecule has 0 unspecified atom stereocenters. The van der Waals surface area contributed by atoms with E-state index in [0.29, 0.717) is 37.2 Å². The number of nitrogens with one attached hydrogen (secondary N) is 2. The van der Waals surface area contributed by atoms with Crippen LogP contribution in [0.2, 0.25) is 0 Å². The second kappa shape index (κ2) is 38.3. The van der Waals surface area contributed by atoms with E-state index in [1.807, 2.05) is 0 Å². The van der Waals surface area contributed by atoms with Crippen molar-refractivity contribution in [3.63, 3.8) is 0 Å². The molecule has 0 aliphatic rings. The Morgan fingerprint density at radius 2 is 1.00 bits per heavy atom. The lowest BCUT2D eigenvalue weighted by Crippen LogP contribution is -2.26. The zero-order valence-electron chi connectivity index (χ0n) is 23.5. The molecule has 0 aromatic rings. The summed E-state index contributed by atoms with van der Waals surface area (Å²) in [7, 11) is 0. The number of amides is 2. The molecule has 43 heavy (non-hydrogen) atoms. The van der Waals surface area contributed by atoms with Crippen molar-refractivity contribution in [3.8, 4) is 0 Å². The van der Waals surface area contributed by atoms with Gasteiger partial charge in [-0.1, -0.05) is 11.8 Å². The van der Waals surface area contributed by atoms with Gasteiger partial charge in [0.05, 0.1) is 25.0 Å². The Kier molecular flexibility index (Phi) is 38.4. The Labute approximate surface area is 286 Å². The summed E-state index contributed by atoms with van der Waals surface area (Å²) < 4.78 is 9.93. The minimum absolute atomic E-state index is 0.0171. The lowest BCUT2D eigenvalue weighted by atomic mass is 10.7. The molecule has 0 aromatic heterocycles. The van der Waals surface area contributed by atoms with Crippen LogP contribution in [0.1, 0.15) is 0 Å². The van der Waals surface area contributed by atoms with Crippen LogP contribution < -0.4 is 10.6 Å². The fourth-order valence-corrected chi connectivity index (χ4v) is 7.47. The molecule has 2 amide bonds. The first kappa shape index (κ1) is 43.1. The standard InChI is InChI=1S/C21H40N4O10S8/c26-11-40-13-30-20(28)24-3-7-38-17-37-6-2-23-10-33-35-16-43-19-42-14-31-21(29)25-4-8-39-18-36-5-1-22-9-32-34-15-41-12-27/h9-10,26-27H,1-8,11-19H2,(H,24,28)(H,25,29). The van der Waals surface area contributed by atoms with Gasteiger partial charge in [-0.25, -0.2) is 9.59 Å². The zero-order valence-corrected chi connectivity index (χ0v) is 30.0. The number of rotatable bonds is 32. The highest BCUT2D eigenvalue weighted by Gasteiger charge is 2.02. The molecule has 0 heterocycles. The predicted molar refractivity (Wildman–Crippen MR) is 188 cm³/mol. The average molecular weight is 765 g/mol. The normalized spacial score (nSPS) is 11.2. The summed E-state index contributed by atoms with van der Waals surface area (Å²) in [6.07, 6.45) is 1.62. The molecule has 14 nitrogen and oxygen atoms in total. The minimum atomic E-state index is -0.477. The molecule has 4 N–H and O–H groups in total. The second-order valence-corrected chi connectivity index (χ2v) is 15.9. The summed E-state index contributed by atoms with van der Waals surface area (Å²) >= 11 is 12.2. The number of thioether (sulfide) groups is 8. The van der Waals surface area contributed by atoms with E-state index in [9.17, 15) is 9.59 Å². The zero-order chi connectivity index (χ0) is 31.3. The van der Waals surface area contributed by atoms with Crippen LogP contribution in [-0.2, 0) is 29.0 Å². The average Bonchev–Trinajstić information content (AvgIpc) is 3.00. The van der Waals surface area contributed by atoms with Gasteiger partial charge in [-0.05, 0) is 0 Å². The van der Waals surface area contributed by atoms with Crippen molar-refractivity contribution < 1.29 is 48.8 Å². The molecule has 0 aliphatic heterocycles. The molecule has 252 valence electrons. The Bertz CT molecular complexity index is 696. The number of nitrogens with zero attached hydrogens (tertiary/aromatic N) is 2. The molecule has 0 radical (unpaired) electrons. The van der Waals surface area contributed by atoms with E-state index in [1.165, 1.54) is 48.1 Å². The minimum Gasteiger partial charge on any atom is -0.438 e. The Morgan fingerprint density at radius 1 is 0.581 bits per heavy atom. The maximum absolute atomic E-state index is 11.7. The van der Waals surface area contributed by atoms with Crippen LogP contribution >= 0.6 is 94.1 Å². The van der Waals surface area contributed by atoms with Crippen LogP contribution in [0.5, 0.6) is 0 Å². The molecule has 0 rings (SSSR count). The van der Waals surface area contributed by atoms with Gasteiger partial charge in [0.1, 0.15) is 23.8 Å². The van der Waals surface area contributed by atoms with Crippen LogP contribution in [0.15, 0.2) is 9.98 Å². The number of ether oxygens (including phenoxy) is 2. The first-order valence-electron chi connectivity index (χ1n) is 12.4. The van der Waals surface area contributed by atoms with E-state index in [1.54, 1.807) is 47.0 Å². The molecule has 0 atom stereocenters. The summed E-state index contributed by atoms with van der Waals surface area (Å²) in [5.41, 5.74) is 0. The van der Waals surface area contributed by atoms with Crippen molar-refractivity contribution in [2.45, 2.75) is 0 Å². The lowest BCUT2D eigenvalue weighted by Gasteiger charge is -2.06. The van der Waals surface area contributed by atoms with Crippen LogP contribution in [-0.4, -0.2) is 135 Å². The van der Waals surface area contributed by atoms with E-state index in [-0.39, 0.29) is 29.7 Å². The van der Waals surface area contributed by atoms with E-state index in [2.05, 4.69) is 20.6 Å². The summed E-state index contributed by atoms with van der Waals surface area (Å²) in [6.45, 7) is 2.29. The van der Waals surface area contributed by atoms with Gasteiger partial charge in [0, 0.05) is 51.4 Å². The molecular weight excluding hydrogens is 725 g/mol. The predicted octanol–water partition coefficient (Wildman–Crippen LogP) is 3.86. The highest BCUT2D eigenvalue weighted by atomic mass is 32.2. The van der Waals surface area contributed by atoms with Crippen molar-refractivity contribution in [2.24, 2.45) is 9.98 Å². The van der Waals surface area contributed by atoms with Crippen LogP contribution in [0.3, 0.4) is 0 Å². The Morgan fingerprint density at radius 3 is 1.53 bits per heavy atom. The van der Waals surface area contributed by atoms with Gasteiger partial charge >= 0.3 is 12.2 Å². The molecule has 0 bridgehead atoms. The molecule has 0 aliphatic carbocycles. The quantitative estimate of drug-likeness (QED) is 0.0194. The van der Waals surface area contributed by atoms with E-state index >= 15 is 0 Å². The summed E-state index contributed by atoms with van der Waals surface area (Å²) in [5.74, 6) is 4.14. The van der Waals surface area contributed by atoms with E-state index in [4.69, 9.17) is 39.2 Å². The SMILES string of the molecule is O=C(NCCSCSCCN=COOCSCSCOC(=O)NCCSCSCCN=COOCSCO)OCSCO. The van der Waals surface area contributed by atoms with Gasteiger partial charge in [-0.2, -0.15) is 9.78 Å². The van der Waals surface area contributed by atoms with Gasteiger partial charge < -0.3 is 40.1 Å². The van der Waals surface area contributed by atoms with Crippen molar-refractivity contribution in [3.05, 3.63) is 0 Å². The van der Waals surface area contributed by atoms with Gasteiger partial charge in [-0.15, -0.1) is 82.3 Å². The van der Waals surface area contributed by atoms with Crippen molar-refractivity contribution in [2.75, 3.05) is 100 Å². The molecule has 0 spiro atoms. The third-order valence-corrected chi connectivity index (χ3v) is 11.0. The van der Waals surface area contributed by atoms with Crippen molar-refractivity contribution in [1.29, 1.82) is 0 Å². The van der Waals surface area contributed by atoms with Crippen molar-refractivity contribution >= 4 is 119 Å². The molecule has 22 heteroatoms. The summed E-state index contributed by atoms with van der Waals surface area (Å²) in [5, 5.41) is 25.0. The number of alkyl carbamates (subject to hydrolysis) is 2. The Hall–Kier alpha value is 0.120. The van der Waals surface area contributed by atoms with Crippen molar-refractivity contribution in [1.82, 2.24) is 10.6 Å². The number of aliphatic hydroxyl groups excluding tert-OH is 2. The molecule has 0 saturated carbocycles. The van der Waals surface area contributed by atoms with Gasteiger partial charge in [0.2, 0.25) is 12.8 Å². The van der Waals surface area contributed by atoms with Crippen LogP contribution in [0.4, 0.5) is 9.59 Å². The number of carbonyl (C=O) groups excluding carboxylic acids is 2. The number of aliphatic hydroxyl groups is 2. The highest BCUT2D eigenvalue weighted by Crippen LogP contribution is 2.13. The van der Waals surface area contributed by atoms with Gasteiger partial charge in [0.25, 0.3) is 0 Å². The number of carbonyl (C=O) groups is 2. The Balaban J connectivity index is 3.26. The smallest absolute Gasteiger partial charge is 0.408 e. The maximum atomic E-state index is 11.7. The van der Waals surface area contributed by atoms with Gasteiger partial charge in [0.15, 0.2) is 0 Å². The van der Waals surface area contributed by atoms with Gasteiger partial charge in [-0.3, -0.25) is 9.98 Å². The lowest BCUT2D eigenvalue weighted by molar-refractivity contribution is -0.196. The van der Waals surface area contributed by atoms with Crippen LogP contribution in [0.25, 0.3) is 0 Å². The topological polar surface area (TPSA) is 179 Å². The maximum Gasteiger partial charge on any atom is 0.408 e. The van der Waals surface area contributed by atoms with E-state index in [0.717, 1.165) is 44.9 Å². The second-order valence-electron chi connectivity index (χ2n) is 6.70. The molecule has 0 fully saturated rings. The fourth-order valence-electron chi connectivity index (χ4n) is 1.88. The number of aliphatic imine (C=N–C) groups is 2. The largest absolute Gasteiger partial charge is 0.438 e. The molecule has 0 aromatic carbocycles. The monoisotopic (exact) mass is 764 g/mol. The number of hydrogen-bond acceptors (Lipinski definition) is 20. The molecule has 0 saturated heterocycles. The first-order valence-corrected chi connectivity index (χ1v) is 21.6. The summed E-state index contributed by atoms with van der Waals surface area (Å²) in [6, 6.07) is 0. The third-order valence-electron chi connectivity index (χ3n) is 3.62.